The Hall–Kier alpha value is -0.146. The summed E-state index contributed by atoms with van der Waals surface area (Å²) in [4.78, 5) is 0. The number of thioether (sulfide) groups is 1. The van der Waals surface area contributed by atoms with Gasteiger partial charge in [0.05, 0.1) is 14.7 Å². The van der Waals surface area contributed by atoms with Gasteiger partial charge in [0.1, 0.15) is 0 Å². The molecular weight excluding hydrogens is 501 g/mol. The predicted molar refractivity (Wildman–Crippen MR) is 168 cm³/mol. The second-order valence-corrected chi connectivity index (χ2v) is 23.7. The van der Waals surface area contributed by atoms with Crippen molar-refractivity contribution in [3.63, 3.8) is 0 Å². The Morgan fingerprint density at radius 3 is 2.00 bits per heavy atom. The molecule has 6 heteroatoms. The fraction of sp³-hybridized carbons (Fsp3) is 0.759. The van der Waals surface area contributed by atoms with Crippen LogP contribution in [0.1, 0.15) is 91.7 Å². The second kappa shape index (κ2) is 14.7. The van der Waals surface area contributed by atoms with Gasteiger partial charge in [-0.2, -0.15) is 0 Å². The van der Waals surface area contributed by atoms with E-state index in [1.807, 2.05) is 6.92 Å². The molecule has 0 bridgehead atoms. The molecule has 1 unspecified atom stereocenters. The number of aryl methyl sites for hydroxylation is 1. The fourth-order valence-corrected chi connectivity index (χ4v) is 12.7. The van der Waals surface area contributed by atoms with Gasteiger partial charge in [-0.15, -0.1) is 0 Å². The Kier molecular flexibility index (Phi) is 13.8. The van der Waals surface area contributed by atoms with Crippen LogP contribution in [0, 0.1) is 0 Å². The molecule has 0 N–H and O–H groups in total. The van der Waals surface area contributed by atoms with E-state index in [0.29, 0.717) is 16.0 Å². The summed E-state index contributed by atoms with van der Waals surface area (Å²) in [5.74, 6) is 0.870. The third kappa shape index (κ3) is 10.3. The largest absolute Gasteiger partial charge is 0.479 e. The lowest BCUT2D eigenvalue weighted by Crippen LogP contribution is -2.60. The molecule has 202 valence electrons. The minimum absolute atomic E-state index is 0.0310. The molecule has 0 radical (unpaired) electrons. The maximum Gasteiger partial charge on any atom is 0.220 e. The van der Waals surface area contributed by atoms with Crippen molar-refractivity contribution in [2.75, 3.05) is 6.61 Å². The van der Waals surface area contributed by atoms with Gasteiger partial charge in [0.25, 0.3) is 0 Å². The topological polar surface area (TPSA) is 18.5 Å². The van der Waals surface area contributed by atoms with Crippen LogP contribution in [0.25, 0.3) is 0 Å². The molecule has 0 heterocycles. The summed E-state index contributed by atoms with van der Waals surface area (Å²) in [6.07, 6.45) is 7.52. The Morgan fingerprint density at radius 1 is 0.886 bits per heavy atom. The maximum atomic E-state index is 7.41. The van der Waals surface area contributed by atoms with Crippen LogP contribution in [-0.4, -0.2) is 32.6 Å². The third-order valence-electron chi connectivity index (χ3n) is 8.39. The van der Waals surface area contributed by atoms with E-state index in [0.717, 1.165) is 12.2 Å². The Bertz CT molecular complexity index is 762. The molecule has 1 aromatic rings. The van der Waals surface area contributed by atoms with Crippen molar-refractivity contribution in [2.24, 2.45) is 0 Å². The van der Waals surface area contributed by atoms with Gasteiger partial charge in [0.15, 0.2) is 8.32 Å². The van der Waals surface area contributed by atoms with Gasteiger partial charge in [-0.1, -0.05) is 109 Å². The van der Waals surface area contributed by atoms with Gasteiger partial charge in [0, 0.05) is 11.0 Å². The molecule has 1 atom stereocenters. The van der Waals surface area contributed by atoms with Crippen LogP contribution in [0.2, 0.25) is 36.8 Å². The third-order valence-corrected chi connectivity index (χ3v) is 20.1. The van der Waals surface area contributed by atoms with E-state index < -0.39 is 16.4 Å². The van der Waals surface area contributed by atoms with Crippen LogP contribution in [0.3, 0.4) is 0 Å². The molecular formula is C29H54O2S2Si2. The molecule has 0 aliphatic carbocycles. The van der Waals surface area contributed by atoms with E-state index in [-0.39, 0.29) is 5.22 Å². The predicted octanol–water partition coefficient (Wildman–Crippen LogP) is 10.2. The van der Waals surface area contributed by atoms with Crippen LogP contribution in [0.15, 0.2) is 24.3 Å². The number of rotatable bonds is 16. The Morgan fingerprint density at radius 2 is 1.46 bits per heavy atom. The summed E-state index contributed by atoms with van der Waals surface area (Å²) in [6.45, 7) is 24.7. The Labute approximate surface area is 229 Å². The van der Waals surface area contributed by atoms with Crippen molar-refractivity contribution in [1.29, 1.82) is 0 Å². The number of unbranched alkanes of at least 4 members (excludes halogenated alkanes) is 2. The van der Waals surface area contributed by atoms with Gasteiger partial charge < -0.3 is 9.16 Å². The highest BCUT2D eigenvalue weighted by Gasteiger charge is 2.51. The second-order valence-electron chi connectivity index (χ2n) is 12.1. The zero-order valence-corrected chi connectivity index (χ0v) is 28.1. The van der Waals surface area contributed by atoms with Gasteiger partial charge in [0.2, 0.25) is 4.38 Å². The first-order chi connectivity index (χ1) is 16.2. The maximum absolute atomic E-state index is 7.41. The van der Waals surface area contributed by atoms with E-state index in [9.17, 15) is 0 Å². The molecule has 0 saturated heterocycles. The fourth-order valence-electron chi connectivity index (χ4n) is 4.49. The summed E-state index contributed by atoms with van der Waals surface area (Å²) in [5, 5.41) is 0.273. The Balaban J connectivity index is 2.87. The van der Waals surface area contributed by atoms with E-state index in [4.69, 9.17) is 21.4 Å². The average molecular weight is 555 g/mol. The molecule has 0 aliphatic rings. The number of hydrogen-bond donors (Lipinski definition) is 0. The summed E-state index contributed by atoms with van der Waals surface area (Å²) < 4.78 is 13.4. The van der Waals surface area contributed by atoms with Crippen molar-refractivity contribution in [2.45, 2.75) is 135 Å². The summed E-state index contributed by atoms with van der Waals surface area (Å²) >= 11 is 6.84. The standard InChI is InChI=1S/C29H54O2S2Si2/c1-11-14-21-28(4,5)35(10,22-15-12-2)31-29(6,7)34(8,9)23-20-25-16-18-26(19-17-25)24-33-27(32)30-13-3/h16-19H,11-15,20-24H2,1-10H3. The smallest absolute Gasteiger partial charge is 0.220 e. The molecule has 0 aliphatic heterocycles. The van der Waals surface area contributed by atoms with Crippen molar-refractivity contribution in [3.8, 4) is 0 Å². The van der Waals surface area contributed by atoms with Crippen LogP contribution in [0.4, 0.5) is 0 Å². The number of benzene rings is 1. The molecule has 0 fully saturated rings. The highest BCUT2D eigenvalue weighted by Crippen LogP contribution is 2.48. The quantitative estimate of drug-likeness (QED) is 0.149. The first-order valence-corrected chi connectivity index (χ1v) is 21.0. The lowest BCUT2D eigenvalue weighted by molar-refractivity contribution is 0.155. The van der Waals surface area contributed by atoms with Crippen LogP contribution < -0.4 is 0 Å². The van der Waals surface area contributed by atoms with Crippen molar-refractivity contribution in [1.82, 2.24) is 0 Å². The molecule has 2 nitrogen and oxygen atoms in total. The average Bonchev–Trinajstić information content (AvgIpc) is 2.79. The number of ether oxygens (including phenoxy) is 1. The molecule has 0 saturated carbocycles. The normalized spacial score (nSPS) is 14.6. The van der Waals surface area contributed by atoms with E-state index >= 15 is 0 Å². The zero-order chi connectivity index (χ0) is 26.8. The lowest BCUT2D eigenvalue weighted by Gasteiger charge is -2.51. The number of thiocarbonyl (C=S) groups is 1. The first kappa shape index (κ1) is 32.9. The summed E-state index contributed by atoms with van der Waals surface area (Å²) in [5.41, 5.74) is 2.73. The van der Waals surface area contributed by atoms with Crippen LogP contribution >= 0.6 is 24.0 Å². The highest BCUT2D eigenvalue weighted by molar-refractivity contribution is 8.22. The molecule has 0 amide bonds. The number of hydrogen-bond acceptors (Lipinski definition) is 4. The molecule has 1 rings (SSSR count). The molecule has 1 aromatic carbocycles. The monoisotopic (exact) mass is 554 g/mol. The summed E-state index contributed by atoms with van der Waals surface area (Å²) in [6, 6.07) is 11.6. The summed E-state index contributed by atoms with van der Waals surface area (Å²) in [7, 11) is -3.56. The SMILES string of the molecule is CCCCC(C)(C)[Si](C)(CCCC)OC(C)(C)[Si](C)(C)CCc1ccc(CSC(=S)OCC)cc1. The van der Waals surface area contributed by atoms with Gasteiger partial charge in [-0.3, -0.25) is 0 Å². The van der Waals surface area contributed by atoms with Gasteiger partial charge in [-0.25, -0.2) is 0 Å². The van der Waals surface area contributed by atoms with Crippen LogP contribution in [-0.2, 0) is 21.3 Å². The zero-order valence-electron chi connectivity index (χ0n) is 24.5. The van der Waals surface area contributed by atoms with E-state index in [1.54, 1.807) is 11.8 Å². The van der Waals surface area contributed by atoms with Crippen molar-refractivity contribution in [3.05, 3.63) is 35.4 Å². The van der Waals surface area contributed by atoms with Crippen molar-refractivity contribution < 1.29 is 9.16 Å². The van der Waals surface area contributed by atoms with Gasteiger partial charge >= 0.3 is 0 Å². The first-order valence-electron chi connectivity index (χ1n) is 13.8. The lowest BCUT2D eigenvalue weighted by atomic mass is 10.1. The molecule has 0 aromatic heterocycles. The van der Waals surface area contributed by atoms with Gasteiger partial charge in [-0.05, 0) is 74.6 Å². The van der Waals surface area contributed by atoms with Crippen molar-refractivity contribution >= 4 is 44.8 Å². The minimum Gasteiger partial charge on any atom is -0.479 e. The molecule has 0 spiro atoms. The molecule has 35 heavy (non-hydrogen) atoms. The van der Waals surface area contributed by atoms with E-state index in [1.165, 1.54) is 55.3 Å². The highest BCUT2D eigenvalue weighted by atomic mass is 32.2. The van der Waals surface area contributed by atoms with E-state index in [2.05, 4.69) is 85.4 Å². The van der Waals surface area contributed by atoms with Crippen LogP contribution in [0.5, 0.6) is 0 Å². The minimum atomic E-state index is -1.91.